The fraction of sp³-hybridized carbons (Fsp3) is 0.308. The van der Waals surface area contributed by atoms with E-state index in [1.807, 2.05) is 6.07 Å². The maximum atomic E-state index is 5.65. The van der Waals surface area contributed by atoms with Crippen molar-refractivity contribution in [2.24, 2.45) is 5.73 Å². The molecule has 1 heterocycles. The van der Waals surface area contributed by atoms with Gasteiger partial charge in [-0.25, -0.2) is 4.98 Å². The molecular weight excluding hydrogens is 200 g/mol. The first-order valence-electron chi connectivity index (χ1n) is 5.43. The average Bonchev–Trinajstić information content (AvgIpc) is 2.71. The predicted octanol–water partition coefficient (Wildman–Crippen LogP) is 2.46. The van der Waals surface area contributed by atoms with Crippen LogP contribution in [0.5, 0.6) is 0 Å². The molecule has 0 bridgehead atoms. The van der Waals surface area contributed by atoms with E-state index < -0.39 is 0 Å². The summed E-state index contributed by atoms with van der Waals surface area (Å²) < 4.78 is 5.65. The van der Waals surface area contributed by atoms with Crippen LogP contribution in [0.3, 0.4) is 0 Å². The standard InChI is InChI=1S/C13H16N2O/c1-9-4-3-5-11(10(9)2)12-8-15-13(16-12)6-7-14/h3-5,8H,6-7,14H2,1-2H3. The topological polar surface area (TPSA) is 52.0 Å². The van der Waals surface area contributed by atoms with Gasteiger partial charge in [-0.15, -0.1) is 0 Å². The maximum Gasteiger partial charge on any atom is 0.196 e. The zero-order valence-corrected chi connectivity index (χ0v) is 9.66. The molecule has 0 aliphatic rings. The van der Waals surface area contributed by atoms with E-state index in [9.17, 15) is 0 Å². The normalized spacial score (nSPS) is 10.7. The molecule has 16 heavy (non-hydrogen) atoms. The summed E-state index contributed by atoms with van der Waals surface area (Å²) in [7, 11) is 0. The molecule has 1 aromatic carbocycles. The number of aryl methyl sites for hydroxylation is 1. The van der Waals surface area contributed by atoms with Crippen LogP contribution in [0.1, 0.15) is 17.0 Å². The molecule has 2 rings (SSSR count). The fourth-order valence-corrected chi connectivity index (χ4v) is 1.69. The van der Waals surface area contributed by atoms with Crippen molar-refractivity contribution < 1.29 is 4.42 Å². The number of hydrogen-bond donors (Lipinski definition) is 1. The Balaban J connectivity index is 2.39. The van der Waals surface area contributed by atoms with Crippen LogP contribution in [-0.2, 0) is 6.42 Å². The van der Waals surface area contributed by atoms with Gasteiger partial charge in [0.05, 0.1) is 6.20 Å². The molecule has 0 saturated heterocycles. The van der Waals surface area contributed by atoms with E-state index in [-0.39, 0.29) is 0 Å². The third-order valence-corrected chi connectivity index (χ3v) is 2.78. The van der Waals surface area contributed by atoms with Gasteiger partial charge in [0.1, 0.15) is 0 Å². The number of benzene rings is 1. The first kappa shape index (κ1) is 10.9. The van der Waals surface area contributed by atoms with Crippen molar-refractivity contribution in [1.29, 1.82) is 0 Å². The highest BCUT2D eigenvalue weighted by Crippen LogP contribution is 2.25. The van der Waals surface area contributed by atoms with Crippen LogP contribution < -0.4 is 5.73 Å². The highest BCUT2D eigenvalue weighted by molar-refractivity contribution is 5.62. The van der Waals surface area contributed by atoms with E-state index in [1.165, 1.54) is 11.1 Å². The van der Waals surface area contributed by atoms with Gasteiger partial charge in [0, 0.05) is 18.5 Å². The average molecular weight is 216 g/mol. The van der Waals surface area contributed by atoms with E-state index in [0.717, 1.165) is 11.3 Å². The van der Waals surface area contributed by atoms with Gasteiger partial charge in [-0.05, 0) is 25.0 Å². The summed E-state index contributed by atoms with van der Waals surface area (Å²) in [4.78, 5) is 4.21. The fourth-order valence-electron chi connectivity index (χ4n) is 1.69. The van der Waals surface area contributed by atoms with E-state index >= 15 is 0 Å². The van der Waals surface area contributed by atoms with Gasteiger partial charge in [-0.2, -0.15) is 0 Å². The van der Waals surface area contributed by atoms with E-state index in [1.54, 1.807) is 6.20 Å². The molecule has 2 N–H and O–H groups in total. The molecule has 3 nitrogen and oxygen atoms in total. The molecule has 0 amide bonds. The minimum absolute atomic E-state index is 0.562. The molecule has 0 saturated carbocycles. The van der Waals surface area contributed by atoms with Crippen LogP contribution >= 0.6 is 0 Å². The summed E-state index contributed by atoms with van der Waals surface area (Å²) in [5.41, 5.74) is 9.06. The number of oxazole rings is 1. The van der Waals surface area contributed by atoms with Gasteiger partial charge < -0.3 is 10.2 Å². The second-order valence-electron chi connectivity index (χ2n) is 3.90. The minimum atomic E-state index is 0.562. The first-order valence-corrected chi connectivity index (χ1v) is 5.43. The molecule has 2 aromatic rings. The molecular formula is C13H16N2O. The largest absolute Gasteiger partial charge is 0.441 e. The van der Waals surface area contributed by atoms with E-state index in [4.69, 9.17) is 10.2 Å². The van der Waals surface area contributed by atoms with Crippen LogP contribution in [0.15, 0.2) is 28.8 Å². The number of rotatable bonds is 3. The van der Waals surface area contributed by atoms with Gasteiger partial charge in [-0.1, -0.05) is 18.2 Å². The molecule has 3 heteroatoms. The molecule has 0 unspecified atom stereocenters. The van der Waals surface area contributed by atoms with Crippen molar-refractivity contribution in [3.8, 4) is 11.3 Å². The zero-order valence-electron chi connectivity index (χ0n) is 9.66. The molecule has 1 aromatic heterocycles. The second-order valence-corrected chi connectivity index (χ2v) is 3.90. The highest BCUT2D eigenvalue weighted by Gasteiger charge is 2.09. The lowest BCUT2D eigenvalue weighted by Gasteiger charge is -2.04. The number of aromatic nitrogens is 1. The van der Waals surface area contributed by atoms with Gasteiger partial charge >= 0.3 is 0 Å². The number of nitrogens with two attached hydrogens (primary N) is 1. The smallest absolute Gasteiger partial charge is 0.196 e. The molecule has 0 aliphatic heterocycles. The third-order valence-electron chi connectivity index (χ3n) is 2.78. The zero-order chi connectivity index (χ0) is 11.5. The Hall–Kier alpha value is -1.61. The van der Waals surface area contributed by atoms with Crippen molar-refractivity contribution in [3.63, 3.8) is 0 Å². The Morgan fingerprint density at radius 1 is 1.31 bits per heavy atom. The maximum absolute atomic E-state index is 5.65. The quantitative estimate of drug-likeness (QED) is 0.857. The first-order chi connectivity index (χ1) is 7.72. The molecule has 0 spiro atoms. The van der Waals surface area contributed by atoms with Crippen molar-refractivity contribution in [2.75, 3.05) is 6.54 Å². The van der Waals surface area contributed by atoms with E-state index in [0.29, 0.717) is 18.9 Å². The monoisotopic (exact) mass is 216 g/mol. The Labute approximate surface area is 95.3 Å². The lowest BCUT2D eigenvalue weighted by atomic mass is 10.0. The van der Waals surface area contributed by atoms with E-state index in [2.05, 4.69) is 31.0 Å². The van der Waals surface area contributed by atoms with Gasteiger partial charge in [0.2, 0.25) is 0 Å². The van der Waals surface area contributed by atoms with Gasteiger partial charge in [0.15, 0.2) is 11.7 Å². The molecule has 0 atom stereocenters. The Morgan fingerprint density at radius 2 is 2.12 bits per heavy atom. The Bertz CT molecular complexity index is 488. The summed E-state index contributed by atoms with van der Waals surface area (Å²) in [6.45, 7) is 4.75. The Kier molecular flexibility index (Phi) is 3.06. The number of nitrogens with zero attached hydrogens (tertiary/aromatic N) is 1. The molecule has 0 aliphatic carbocycles. The van der Waals surface area contributed by atoms with Crippen molar-refractivity contribution in [3.05, 3.63) is 41.4 Å². The lowest BCUT2D eigenvalue weighted by Crippen LogP contribution is -2.02. The summed E-state index contributed by atoms with van der Waals surface area (Å²) in [6, 6.07) is 6.17. The van der Waals surface area contributed by atoms with Crippen LogP contribution in [0, 0.1) is 13.8 Å². The molecule has 84 valence electrons. The second kappa shape index (κ2) is 4.49. The van der Waals surface area contributed by atoms with Crippen LogP contribution in [-0.4, -0.2) is 11.5 Å². The molecule has 0 fully saturated rings. The summed E-state index contributed by atoms with van der Waals surface area (Å²) in [5.74, 6) is 1.53. The predicted molar refractivity (Wildman–Crippen MR) is 64.2 cm³/mol. The highest BCUT2D eigenvalue weighted by atomic mass is 16.4. The minimum Gasteiger partial charge on any atom is -0.441 e. The van der Waals surface area contributed by atoms with Crippen molar-refractivity contribution in [1.82, 2.24) is 4.98 Å². The summed E-state index contributed by atoms with van der Waals surface area (Å²) in [5, 5.41) is 0. The van der Waals surface area contributed by atoms with Crippen LogP contribution in [0.2, 0.25) is 0 Å². The van der Waals surface area contributed by atoms with Crippen molar-refractivity contribution >= 4 is 0 Å². The number of hydrogen-bond acceptors (Lipinski definition) is 3. The molecule has 0 radical (unpaired) electrons. The van der Waals surface area contributed by atoms with Crippen LogP contribution in [0.4, 0.5) is 0 Å². The summed E-state index contributed by atoms with van der Waals surface area (Å²) in [6.07, 6.45) is 2.46. The van der Waals surface area contributed by atoms with Crippen LogP contribution in [0.25, 0.3) is 11.3 Å². The Morgan fingerprint density at radius 3 is 2.88 bits per heavy atom. The SMILES string of the molecule is Cc1cccc(-c2cnc(CCN)o2)c1C. The third kappa shape index (κ3) is 1.99. The van der Waals surface area contributed by atoms with Gasteiger partial charge in [0.25, 0.3) is 0 Å². The summed E-state index contributed by atoms with van der Waals surface area (Å²) >= 11 is 0. The lowest BCUT2D eigenvalue weighted by molar-refractivity contribution is 0.507. The van der Waals surface area contributed by atoms with Crippen molar-refractivity contribution in [2.45, 2.75) is 20.3 Å². The van der Waals surface area contributed by atoms with Gasteiger partial charge in [-0.3, -0.25) is 0 Å².